The Hall–Kier alpha value is -1.26. The molecule has 3 nitrogen and oxygen atoms in total. The molecular weight excluding hydrogens is 242 g/mol. The molecule has 2 rings (SSSR count). The molecule has 0 aromatic carbocycles. The summed E-state index contributed by atoms with van der Waals surface area (Å²) in [6.07, 6.45) is 2.95. The van der Waals surface area contributed by atoms with Crippen LogP contribution in [0.1, 0.15) is 29.8 Å². The number of nitrogens with one attached hydrogen (secondary N) is 1. The Bertz CT molecular complexity index is 493. The molecular formula is C14H19N3S. The summed E-state index contributed by atoms with van der Waals surface area (Å²) in [5, 5.41) is 4.28. The zero-order chi connectivity index (χ0) is 13.0. The van der Waals surface area contributed by atoms with Gasteiger partial charge in [0.15, 0.2) is 0 Å². The van der Waals surface area contributed by atoms with Crippen molar-refractivity contribution in [3.63, 3.8) is 0 Å². The van der Waals surface area contributed by atoms with Crippen LogP contribution in [0.15, 0.2) is 24.4 Å². The van der Waals surface area contributed by atoms with Crippen LogP contribution in [-0.4, -0.2) is 23.6 Å². The van der Waals surface area contributed by atoms with Crippen LogP contribution in [0, 0.1) is 6.92 Å². The number of aryl methyl sites for hydroxylation is 1. The molecule has 18 heavy (non-hydrogen) atoms. The molecule has 1 N–H and O–H groups in total. The van der Waals surface area contributed by atoms with Gasteiger partial charge in [-0.3, -0.25) is 4.98 Å². The van der Waals surface area contributed by atoms with E-state index in [1.54, 1.807) is 11.3 Å². The van der Waals surface area contributed by atoms with Crippen molar-refractivity contribution in [2.45, 2.75) is 26.2 Å². The molecule has 1 unspecified atom stereocenters. The summed E-state index contributed by atoms with van der Waals surface area (Å²) in [5.74, 6) is 0.546. The number of thiazole rings is 1. The summed E-state index contributed by atoms with van der Waals surface area (Å²) >= 11 is 1.77. The van der Waals surface area contributed by atoms with Gasteiger partial charge in [-0.25, -0.2) is 4.98 Å². The van der Waals surface area contributed by atoms with Gasteiger partial charge in [0, 0.05) is 23.5 Å². The molecule has 0 aliphatic carbocycles. The van der Waals surface area contributed by atoms with E-state index in [2.05, 4.69) is 29.1 Å². The predicted octanol–water partition coefficient (Wildman–Crippen LogP) is 3.23. The second-order valence-electron chi connectivity index (χ2n) is 4.35. The first-order chi connectivity index (χ1) is 8.76. The lowest BCUT2D eigenvalue weighted by atomic mass is 10.0. The van der Waals surface area contributed by atoms with E-state index in [0.29, 0.717) is 5.92 Å². The molecule has 0 radical (unpaired) electrons. The maximum absolute atomic E-state index is 4.66. The van der Waals surface area contributed by atoms with Gasteiger partial charge in [0.1, 0.15) is 5.01 Å². The fourth-order valence-electron chi connectivity index (χ4n) is 2.05. The highest BCUT2D eigenvalue weighted by Gasteiger charge is 2.17. The van der Waals surface area contributed by atoms with Crippen molar-refractivity contribution in [2.75, 3.05) is 13.6 Å². The Balaban J connectivity index is 2.32. The summed E-state index contributed by atoms with van der Waals surface area (Å²) in [6, 6.07) is 5.95. The minimum atomic E-state index is 0.546. The van der Waals surface area contributed by atoms with Crippen LogP contribution < -0.4 is 5.32 Å². The predicted molar refractivity (Wildman–Crippen MR) is 77.0 cm³/mol. The lowest BCUT2D eigenvalue weighted by Gasteiger charge is -2.12. The van der Waals surface area contributed by atoms with Crippen molar-refractivity contribution in [3.8, 4) is 10.7 Å². The molecule has 1 atom stereocenters. The van der Waals surface area contributed by atoms with Gasteiger partial charge in [-0.2, -0.15) is 0 Å². The first-order valence-electron chi connectivity index (χ1n) is 6.29. The largest absolute Gasteiger partial charge is 0.319 e. The van der Waals surface area contributed by atoms with Crippen molar-refractivity contribution < 1.29 is 0 Å². The van der Waals surface area contributed by atoms with Gasteiger partial charge < -0.3 is 5.32 Å². The SMILES string of the molecule is CCC(CNC)c1sc(-c2ccccn2)nc1C. The van der Waals surface area contributed by atoms with E-state index < -0.39 is 0 Å². The van der Waals surface area contributed by atoms with Crippen LogP contribution in [0.5, 0.6) is 0 Å². The average Bonchev–Trinajstić information content (AvgIpc) is 2.79. The monoisotopic (exact) mass is 261 g/mol. The second-order valence-corrected chi connectivity index (χ2v) is 5.38. The number of nitrogens with zero attached hydrogens (tertiary/aromatic N) is 2. The first kappa shape index (κ1) is 13.2. The van der Waals surface area contributed by atoms with E-state index >= 15 is 0 Å². The van der Waals surface area contributed by atoms with E-state index in [1.165, 1.54) is 4.88 Å². The lowest BCUT2D eigenvalue weighted by molar-refractivity contribution is 0.616. The summed E-state index contributed by atoms with van der Waals surface area (Å²) in [7, 11) is 2.00. The highest BCUT2D eigenvalue weighted by molar-refractivity contribution is 7.15. The van der Waals surface area contributed by atoms with E-state index in [0.717, 1.165) is 29.4 Å². The van der Waals surface area contributed by atoms with Gasteiger partial charge in [0.05, 0.1) is 11.4 Å². The van der Waals surface area contributed by atoms with Crippen LogP contribution in [0.4, 0.5) is 0 Å². The number of rotatable bonds is 5. The summed E-state index contributed by atoms with van der Waals surface area (Å²) < 4.78 is 0. The molecule has 0 fully saturated rings. The lowest BCUT2D eigenvalue weighted by Crippen LogP contribution is -2.16. The molecule has 2 heterocycles. The molecule has 0 amide bonds. The number of aromatic nitrogens is 2. The van der Waals surface area contributed by atoms with Crippen LogP contribution in [0.2, 0.25) is 0 Å². The minimum absolute atomic E-state index is 0.546. The molecule has 4 heteroatoms. The Morgan fingerprint density at radius 3 is 2.83 bits per heavy atom. The van der Waals surface area contributed by atoms with Crippen LogP contribution in [0.25, 0.3) is 10.7 Å². The van der Waals surface area contributed by atoms with Crippen LogP contribution in [-0.2, 0) is 0 Å². The van der Waals surface area contributed by atoms with Gasteiger partial charge in [-0.15, -0.1) is 11.3 Å². The maximum Gasteiger partial charge on any atom is 0.142 e. The molecule has 0 saturated carbocycles. The molecule has 0 aliphatic rings. The Morgan fingerprint density at radius 2 is 2.22 bits per heavy atom. The van der Waals surface area contributed by atoms with Crippen molar-refractivity contribution in [1.82, 2.24) is 15.3 Å². The first-order valence-corrected chi connectivity index (χ1v) is 7.11. The van der Waals surface area contributed by atoms with E-state index in [4.69, 9.17) is 0 Å². The van der Waals surface area contributed by atoms with Crippen molar-refractivity contribution >= 4 is 11.3 Å². The minimum Gasteiger partial charge on any atom is -0.319 e. The van der Waals surface area contributed by atoms with Crippen molar-refractivity contribution in [3.05, 3.63) is 35.0 Å². The maximum atomic E-state index is 4.66. The van der Waals surface area contributed by atoms with E-state index in [-0.39, 0.29) is 0 Å². The van der Waals surface area contributed by atoms with Gasteiger partial charge in [-0.1, -0.05) is 13.0 Å². The smallest absolute Gasteiger partial charge is 0.142 e. The quantitative estimate of drug-likeness (QED) is 0.898. The van der Waals surface area contributed by atoms with Crippen LogP contribution in [0.3, 0.4) is 0 Å². The number of hydrogen-bond acceptors (Lipinski definition) is 4. The van der Waals surface area contributed by atoms with Gasteiger partial charge in [-0.05, 0) is 32.5 Å². The zero-order valence-corrected chi connectivity index (χ0v) is 11.9. The van der Waals surface area contributed by atoms with Gasteiger partial charge >= 0.3 is 0 Å². The molecule has 0 aliphatic heterocycles. The Labute approximate surface area is 112 Å². The summed E-state index contributed by atoms with van der Waals surface area (Å²) in [4.78, 5) is 10.4. The highest BCUT2D eigenvalue weighted by Crippen LogP contribution is 2.32. The normalized spacial score (nSPS) is 12.6. The summed E-state index contributed by atoms with van der Waals surface area (Å²) in [5.41, 5.74) is 2.11. The zero-order valence-electron chi connectivity index (χ0n) is 11.1. The van der Waals surface area contributed by atoms with E-state index in [1.807, 2.05) is 31.4 Å². The molecule has 96 valence electrons. The third kappa shape index (κ3) is 2.76. The fraction of sp³-hybridized carbons (Fsp3) is 0.429. The van der Waals surface area contributed by atoms with Crippen molar-refractivity contribution in [1.29, 1.82) is 0 Å². The molecule has 0 spiro atoms. The van der Waals surface area contributed by atoms with Crippen LogP contribution >= 0.6 is 11.3 Å². The molecule has 2 aromatic rings. The Morgan fingerprint density at radius 1 is 1.39 bits per heavy atom. The van der Waals surface area contributed by atoms with E-state index in [9.17, 15) is 0 Å². The number of hydrogen-bond donors (Lipinski definition) is 1. The fourth-order valence-corrected chi connectivity index (χ4v) is 3.28. The third-order valence-corrected chi connectivity index (χ3v) is 4.37. The van der Waals surface area contributed by atoms with Gasteiger partial charge in [0.25, 0.3) is 0 Å². The highest BCUT2D eigenvalue weighted by atomic mass is 32.1. The molecule has 2 aromatic heterocycles. The average molecular weight is 261 g/mol. The van der Waals surface area contributed by atoms with Gasteiger partial charge in [0.2, 0.25) is 0 Å². The number of likely N-dealkylation sites (N-methyl/N-ethyl adjacent to an activating group) is 1. The van der Waals surface area contributed by atoms with Crippen molar-refractivity contribution in [2.24, 2.45) is 0 Å². The number of pyridine rings is 1. The molecule has 0 bridgehead atoms. The third-order valence-electron chi connectivity index (χ3n) is 3.03. The second kappa shape index (κ2) is 6.07. The summed E-state index contributed by atoms with van der Waals surface area (Å²) in [6.45, 7) is 5.32. The Kier molecular flexibility index (Phi) is 4.44. The topological polar surface area (TPSA) is 37.8 Å². The standard InChI is InChI=1S/C14H19N3S/c1-4-11(9-15-3)13-10(2)17-14(18-13)12-7-5-6-8-16-12/h5-8,11,15H,4,9H2,1-3H3. The molecule has 0 saturated heterocycles.